The maximum Gasteiger partial charge on any atom is 0.172 e. The molecule has 0 aliphatic rings. The van der Waals surface area contributed by atoms with Crippen molar-refractivity contribution in [1.29, 1.82) is 0 Å². The normalized spacial score (nSPS) is 11.8. The Hall–Kier alpha value is -1.37. The number of aromatic nitrogens is 3. The first-order chi connectivity index (χ1) is 9.08. The van der Waals surface area contributed by atoms with Gasteiger partial charge < -0.3 is 10.3 Å². The van der Waals surface area contributed by atoms with E-state index in [1.807, 2.05) is 18.2 Å². The number of anilines is 1. The second-order valence-corrected chi connectivity index (χ2v) is 6.06. The van der Waals surface area contributed by atoms with Crippen LogP contribution in [0.4, 0.5) is 5.82 Å². The summed E-state index contributed by atoms with van der Waals surface area (Å²) in [4.78, 5) is 9.01. The molecule has 2 N–H and O–H groups in total. The van der Waals surface area contributed by atoms with Gasteiger partial charge in [0.15, 0.2) is 9.65 Å². The molecule has 0 saturated heterocycles. The van der Waals surface area contributed by atoms with E-state index in [0.717, 1.165) is 32.3 Å². The van der Waals surface area contributed by atoms with Gasteiger partial charge in [-0.3, -0.25) is 0 Å². The maximum absolute atomic E-state index is 6.05. The van der Waals surface area contributed by atoms with E-state index in [2.05, 4.69) is 57.0 Å². The highest BCUT2D eigenvalue weighted by Crippen LogP contribution is 2.29. The SMILES string of the molecule is CC(C)Cn1c(I)nc2c(N)nc3ccccc3c21. The highest BCUT2D eigenvalue weighted by Gasteiger charge is 2.16. The second kappa shape index (κ2) is 4.63. The lowest BCUT2D eigenvalue weighted by molar-refractivity contribution is 0.525. The molecule has 1 aromatic carbocycles. The van der Waals surface area contributed by atoms with Gasteiger partial charge in [0, 0.05) is 11.9 Å². The van der Waals surface area contributed by atoms with E-state index < -0.39 is 0 Å². The average molecular weight is 366 g/mol. The second-order valence-electron chi connectivity index (χ2n) is 5.10. The largest absolute Gasteiger partial charge is 0.382 e. The number of hydrogen-bond acceptors (Lipinski definition) is 3. The van der Waals surface area contributed by atoms with Gasteiger partial charge in [0.05, 0.1) is 11.0 Å². The van der Waals surface area contributed by atoms with Crippen molar-refractivity contribution in [3.63, 3.8) is 0 Å². The van der Waals surface area contributed by atoms with Crippen molar-refractivity contribution in [3.8, 4) is 0 Å². The topological polar surface area (TPSA) is 56.7 Å². The van der Waals surface area contributed by atoms with E-state index in [1.165, 1.54) is 0 Å². The van der Waals surface area contributed by atoms with Crippen LogP contribution in [-0.4, -0.2) is 14.5 Å². The van der Waals surface area contributed by atoms with Crippen LogP contribution in [0.1, 0.15) is 13.8 Å². The van der Waals surface area contributed by atoms with E-state index in [9.17, 15) is 0 Å². The van der Waals surface area contributed by atoms with E-state index in [0.29, 0.717) is 11.7 Å². The summed E-state index contributed by atoms with van der Waals surface area (Å²) in [6.45, 7) is 5.34. The molecular weight excluding hydrogens is 351 g/mol. The van der Waals surface area contributed by atoms with Gasteiger partial charge in [-0.2, -0.15) is 0 Å². The number of para-hydroxylation sites is 1. The van der Waals surface area contributed by atoms with Crippen molar-refractivity contribution < 1.29 is 0 Å². The van der Waals surface area contributed by atoms with Gasteiger partial charge >= 0.3 is 0 Å². The molecule has 0 fully saturated rings. The zero-order chi connectivity index (χ0) is 13.6. The Labute approximate surface area is 125 Å². The lowest BCUT2D eigenvalue weighted by Crippen LogP contribution is -2.06. The number of nitrogens with two attached hydrogens (primary N) is 1. The minimum absolute atomic E-state index is 0.508. The zero-order valence-electron chi connectivity index (χ0n) is 10.9. The van der Waals surface area contributed by atoms with Crippen LogP contribution < -0.4 is 5.73 Å². The number of rotatable bonds is 2. The van der Waals surface area contributed by atoms with Crippen LogP contribution in [-0.2, 0) is 6.54 Å². The summed E-state index contributed by atoms with van der Waals surface area (Å²) in [5.74, 6) is 1.06. The Morgan fingerprint density at radius 3 is 2.74 bits per heavy atom. The fraction of sp³-hybridized carbons (Fsp3) is 0.286. The van der Waals surface area contributed by atoms with Crippen LogP contribution in [0.2, 0.25) is 0 Å². The van der Waals surface area contributed by atoms with Gasteiger partial charge in [-0.1, -0.05) is 32.0 Å². The third-order valence-electron chi connectivity index (χ3n) is 3.11. The van der Waals surface area contributed by atoms with Gasteiger partial charge in [0.25, 0.3) is 0 Å². The number of nitrogens with zero attached hydrogens (tertiary/aromatic N) is 3. The number of imidazole rings is 1. The van der Waals surface area contributed by atoms with Crippen LogP contribution in [0.3, 0.4) is 0 Å². The number of fused-ring (bicyclic) bond motifs is 3. The summed E-state index contributed by atoms with van der Waals surface area (Å²) >= 11 is 2.26. The molecule has 0 aliphatic carbocycles. The number of nitrogen functional groups attached to an aromatic ring is 1. The van der Waals surface area contributed by atoms with Crippen molar-refractivity contribution in [2.24, 2.45) is 5.92 Å². The Bertz CT molecular complexity index is 761. The molecule has 98 valence electrons. The highest BCUT2D eigenvalue weighted by atomic mass is 127. The third kappa shape index (κ3) is 2.05. The van der Waals surface area contributed by atoms with Crippen molar-refractivity contribution in [2.45, 2.75) is 20.4 Å². The summed E-state index contributed by atoms with van der Waals surface area (Å²) in [5, 5.41) is 1.11. The number of pyridine rings is 1. The van der Waals surface area contributed by atoms with Gasteiger partial charge in [-0.25, -0.2) is 9.97 Å². The number of halogens is 1. The van der Waals surface area contributed by atoms with Crippen molar-refractivity contribution in [2.75, 3.05) is 5.73 Å². The lowest BCUT2D eigenvalue weighted by Gasteiger charge is -2.10. The molecular formula is C14H15IN4. The molecule has 3 rings (SSSR count). The first kappa shape index (κ1) is 12.7. The first-order valence-electron chi connectivity index (χ1n) is 6.28. The van der Waals surface area contributed by atoms with E-state index >= 15 is 0 Å². The molecule has 2 aromatic heterocycles. The minimum Gasteiger partial charge on any atom is -0.382 e. The molecule has 0 saturated carbocycles. The number of hydrogen-bond donors (Lipinski definition) is 1. The molecule has 0 amide bonds. The third-order valence-corrected chi connectivity index (χ3v) is 3.93. The summed E-state index contributed by atoms with van der Waals surface area (Å²) in [7, 11) is 0. The minimum atomic E-state index is 0.508. The molecule has 19 heavy (non-hydrogen) atoms. The van der Waals surface area contributed by atoms with Gasteiger partial charge in [-0.15, -0.1) is 0 Å². The van der Waals surface area contributed by atoms with E-state index in [-0.39, 0.29) is 0 Å². The van der Waals surface area contributed by atoms with Crippen molar-refractivity contribution in [3.05, 3.63) is 28.1 Å². The van der Waals surface area contributed by atoms with Crippen LogP contribution in [0.25, 0.3) is 21.9 Å². The molecule has 5 heteroatoms. The quantitative estimate of drug-likeness (QED) is 0.707. The van der Waals surface area contributed by atoms with Crippen LogP contribution in [0.15, 0.2) is 24.3 Å². The molecule has 0 atom stereocenters. The van der Waals surface area contributed by atoms with Gasteiger partial charge in [0.1, 0.15) is 5.52 Å². The Morgan fingerprint density at radius 2 is 2.00 bits per heavy atom. The Balaban J connectivity index is 2.45. The molecule has 0 spiro atoms. The number of benzene rings is 1. The first-order valence-corrected chi connectivity index (χ1v) is 7.35. The standard InChI is InChI=1S/C14H15IN4/c1-8(2)7-19-12-9-5-3-4-6-10(9)17-13(16)11(12)18-14(19)15/h3-6,8H,7H2,1-2H3,(H2,16,17). The fourth-order valence-electron chi connectivity index (χ4n) is 2.36. The van der Waals surface area contributed by atoms with Crippen molar-refractivity contribution in [1.82, 2.24) is 14.5 Å². The molecule has 0 aliphatic heterocycles. The summed E-state index contributed by atoms with van der Waals surface area (Å²) in [5.41, 5.74) is 8.88. The van der Waals surface area contributed by atoms with Gasteiger partial charge in [0.2, 0.25) is 0 Å². The monoisotopic (exact) mass is 366 g/mol. The summed E-state index contributed by atoms with van der Waals surface area (Å²) in [6.07, 6.45) is 0. The van der Waals surface area contributed by atoms with Crippen LogP contribution >= 0.6 is 22.6 Å². The van der Waals surface area contributed by atoms with E-state index in [1.54, 1.807) is 0 Å². The zero-order valence-corrected chi connectivity index (χ0v) is 13.0. The fourth-order valence-corrected chi connectivity index (χ4v) is 3.04. The van der Waals surface area contributed by atoms with Gasteiger partial charge in [-0.05, 0) is 34.6 Å². The lowest BCUT2D eigenvalue weighted by atomic mass is 10.1. The smallest absolute Gasteiger partial charge is 0.172 e. The average Bonchev–Trinajstić information content (AvgIpc) is 2.68. The Kier molecular flexibility index (Phi) is 3.08. The summed E-state index contributed by atoms with van der Waals surface area (Å²) < 4.78 is 3.20. The molecule has 3 aromatic rings. The van der Waals surface area contributed by atoms with E-state index in [4.69, 9.17) is 5.73 Å². The molecule has 4 nitrogen and oxygen atoms in total. The highest BCUT2D eigenvalue weighted by molar-refractivity contribution is 14.1. The Morgan fingerprint density at radius 1 is 1.26 bits per heavy atom. The molecule has 2 heterocycles. The predicted molar refractivity (Wildman–Crippen MR) is 87.0 cm³/mol. The molecule has 0 radical (unpaired) electrons. The van der Waals surface area contributed by atoms with Crippen LogP contribution in [0, 0.1) is 9.75 Å². The summed E-state index contributed by atoms with van der Waals surface area (Å²) in [6, 6.07) is 8.08. The van der Waals surface area contributed by atoms with Crippen molar-refractivity contribution >= 4 is 50.3 Å². The molecule has 0 unspecified atom stereocenters. The predicted octanol–water partition coefficient (Wildman–Crippen LogP) is 3.43. The molecule has 0 bridgehead atoms. The maximum atomic E-state index is 6.05. The van der Waals surface area contributed by atoms with Crippen LogP contribution in [0.5, 0.6) is 0 Å².